The lowest BCUT2D eigenvalue weighted by Gasteiger charge is -2.24. The maximum absolute atomic E-state index is 12.7. The summed E-state index contributed by atoms with van der Waals surface area (Å²) >= 11 is 0. The zero-order valence-electron chi connectivity index (χ0n) is 14.6. The Kier molecular flexibility index (Phi) is 4.05. The maximum Gasteiger partial charge on any atom is 0.248 e. The van der Waals surface area contributed by atoms with Crippen LogP contribution < -0.4 is 11.1 Å². The van der Waals surface area contributed by atoms with Crippen LogP contribution in [0.15, 0.2) is 54.6 Å². The van der Waals surface area contributed by atoms with Gasteiger partial charge in [-0.2, -0.15) is 5.10 Å². The van der Waals surface area contributed by atoms with Crippen molar-refractivity contribution < 1.29 is 4.79 Å². The third-order valence-corrected chi connectivity index (χ3v) is 4.69. The minimum absolute atomic E-state index is 0.269. The number of nitrogens with two attached hydrogens (primary N) is 1. The molecular weight excluding hydrogens is 326 g/mol. The second-order valence-electron chi connectivity index (χ2n) is 6.92. The first-order chi connectivity index (χ1) is 12.5. The predicted molar refractivity (Wildman–Crippen MR) is 100 cm³/mol. The van der Waals surface area contributed by atoms with Crippen molar-refractivity contribution in [2.24, 2.45) is 5.73 Å². The molecule has 1 unspecified atom stereocenters. The lowest BCUT2D eigenvalue weighted by atomic mass is 9.92. The number of nitrogens with one attached hydrogen (secondary N) is 2. The molecule has 1 heterocycles. The second kappa shape index (κ2) is 6.38. The molecule has 0 radical (unpaired) electrons. The normalized spacial score (nSPS) is 16.1. The minimum atomic E-state index is -1.12. The number of H-pyrrole nitrogens is 1. The number of amides is 1. The molecule has 1 aliphatic carbocycles. The summed E-state index contributed by atoms with van der Waals surface area (Å²) < 4.78 is 0. The van der Waals surface area contributed by atoms with Gasteiger partial charge in [0.2, 0.25) is 5.91 Å². The van der Waals surface area contributed by atoms with Crippen LogP contribution in [0.1, 0.15) is 37.1 Å². The summed E-state index contributed by atoms with van der Waals surface area (Å²) in [6.45, 7) is 1.71. The summed E-state index contributed by atoms with van der Waals surface area (Å²) in [5, 5.41) is 10.2. The van der Waals surface area contributed by atoms with Crippen LogP contribution in [0.5, 0.6) is 0 Å². The molecule has 132 valence electrons. The molecule has 1 aliphatic rings. The monoisotopic (exact) mass is 347 g/mol. The number of anilines is 1. The van der Waals surface area contributed by atoms with Crippen molar-refractivity contribution >= 4 is 11.6 Å². The van der Waals surface area contributed by atoms with Crippen molar-refractivity contribution in [1.82, 2.24) is 15.2 Å². The van der Waals surface area contributed by atoms with E-state index in [1.807, 2.05) is 54.6 Å². The van der Waals surface area contributed by atoms with Gasteiger partial charge >= 0.3 is 0 Å². The molecule has 1 amide bonds. The Morgan fingerprint density at radius 2 is 1.96 bits per heavy atom. The Morgan fingerprint density at radius 3 is 2.69 bits per heavy atom. The number of hydrogen-bond donors (Lipinski definition) is 3. The van der Waals surface area contributed by atoms with E-state index in [9.17, 15) is 4.79 Å². The summed E-state index contributed by atoms with van der Waals surface area (Å²) in [5.74, 6) is 1.83. The van der Waals surface area contributed by atoms with E-state index in [0.717, 1.165) is 17.0 Å². The molecule has 26 heavy (non-hydrogen) atoms. The molecule has 2 aromatic carbocycles. The third-order valence-electron chi connectivity index (χ3n) is 4.69. The molecule has 4 N–H and O–H groups in total. The Labute approximate surface area is 151 Å². The highest BCUT2D eigenvalue weighted by Crippen LogP contribution is 2.38. The van der Waals surface area contributed by atoms with Gasteiger partial charge in [-0.1, -0.05) is 42.5 Å². The van der Waals surface area contributed by atoms with Crippen LogP contribution in [0.2, 0.25) is 0 Å². The van der Waals surface area contributed by atoms with Crippen molar-refractivity contribution in [3.8, 4) is 11.4 Å². The highest BCUT2D eigenvalue weighted by Gasteiger charge is 2.30. The summed E-state index contributed by atoms with van der Waals surface area (Å²) in [7, 11) is 0. The number of benzene rings is 2. The second-order valence-corrected chi connectivity index (χ2v) is 6.92. The molecule has 4 rings (SSSR count). The fourth-order valence-corrected chi connectivity index (χ4v) is 2.86. The van der Waals surface area contributed by atoms with Crippen molar-refractivity contribution in [2.45, 2.75) is 31.2 Å². The number of nitrogens with zero attached hydrogens (tertiary/aromatic N) is 2. The molecule has 0 aliphatic heterocycles. The number of carbonyl (C=O) groups is 1. The van der Waals surface area contributed by atoms with Crippen LogP contribution in [-0.4, -0.2) is 21.1 Å². The molecule has 1 fully saturated rings. The van der Waals surface area contributed by atoms with Crippen molar-refractivity contribution in [3.63, 3.8) is 0 Å². The van der Waals surface area contributed by atoms with Gasteiger partial charge in [-0.05, 0) is 37.5 Å². The number of aromatic nitrogens is 3. The van der Waals surface area contributed by atoms with E-state index >= 15 is 0 Å². The van der Waals surface area contributed by atoms with Gasteiger partial charge in [0.25, 0.3) is 0 Å². The molecule has 6 nitrogen and oxygen atoms in total. The van der Waals surface area contributed by atoms with Crippen LogP contribution in [0, 0.1) is 0 Å². The highest BCUT2D eigenvalue weighted by atomic mass is 16.2. The predicted octanol–water partition coefficient (Wildman–Crippen LogP) is 3.16. The van der Waals surface area contributed by atoms with Crippen LogP contribution in [0.4, 0.5) is 5.69 Å². The maximum atomic E-state index is 12.7. The average molecular weight is 347 g/mol. The van der Waals surface area contributed by atoms with Gasteiger partial charge in [-0.15, -0.1) is 0 Å². The van der Waals surface area contributed by atoms with Gasteiger partial charge in [0, 0.05) is 17.2 Å². The lowest BCUT2D eigenvalue weighted by Crippen LogP contribution is -2.45. The molecule has 1 atom stereocenters. The van der Waals surface area contributed by atoms with Gasteiger partial charge in [-0.3, -0.25) is 9.89 Å². The smallest absolute Gasteiger partial charge is 0.248 e. The van der Waals surface area contributed by atoms with Gasteiger partial charge in [0.1, 0.15) is 11.4 Å². The van der Waals surface area contributed by atoms with E-state index in [0.29, 0.717) is 17.4 Å². The number of hydrogen-bond acceptors (Lipinski definition) is 4. The van der Waals surface area contributed by atoms with Gasteiger partial charge in [0.05, 0.1) is 0 Å². The highest BCUT2D eigenvalue weighted by molar-refractivity contribution is 5.98. The largest absolute Gasteiger partial charge is 0.324 e. The molecule has 0 saturated heterocycles. The first-order valence-electron chi connectivity index (χ1n) is 8.72. The fraction of sp³-hybridized carbons (Fsp3) is 0.250. The van der Waals surface area contributed by atoms with Crippen LogP contribution in [-0.2, 0) is 10.3 Å². The number of rotatable bonds is 5. The van der Waals surface area contributed by atoms with E-state index < -0.39 is 5.54 Å². The quantitative estimate of drug-likeness (QED) is 0.660. The first-order valence-corrected chi connectivity index (χ1v) is 8.72. The van der Waals surface area contributed by atoms with Crippen molar-refractivity contribution in [1.29, 1.82) is 0 Å². The van der Waals surface area contributed by atoms with E-state index in [2.05, 4.69) is 20.5 Å². The molecule has 6 heteroatoms. The molecule has 1 aromatic heterocycles. The topological polar surface area (TPSA) is 96.7 Å². The Hall–Kier alpha value is -2.99. The molecule has 0 bridgehead atoms. The summed E-state index contributed by atoms with van der Waals surface area (Å²) in [6, 6.07) is 16.8. The van der Waals surface area contributed by atoms with Crippen LogP contribution >= 0.6 is 0 Å². The van der Waals surface area contributed by atoms with Crippen LogP contribution in [0.3, 0.4) is 0 Å². The first kappa shape index (κ1) is 16.5. The summed E-state index contributed by atoms with van der Waals surface area (Å²) in [6.07, 6.45) is 2.33. The molecule has 3 aromatic rings. The zero-order chi connectivity index (χ0) is 18.1. The van der Waals surface area contributed by atoms with E-state index in [1.54, 1.807) is 6.92 Å². The molecule has 1 saturated carbocycles. The Bertz CT molecular complexity index is 928. The summed E-state index contributed by atoms with van der Waals surface area (Å²) in [4.78, 5) is 17.3. The third kappa shape index (κ3) is 3.23. The lowest BCUT2D eigenvalue weighted by molar-refractivity contribution is -0.120. The molecular formula is C20H21N5O. The average Bonchev–Trinajstić information content (AvgIpc) is 3.39. The van der Waals surface area contributed by atoms with Gasteiger partial charge in [-0.25, -0.2) is 4.98 Å². The molecule has 0 spiro atoms. The Balaban J connectivity index is 1.54. The van der Waals surface area contributed by atoms with Crippen molar-refractivity contribution in [3.05, 3.63) is 66.0 Å². The Morgan fingerprint density at radius 1 is 1.19 bits per heavy atom. The standard InChI is InChI=1S/C20H21N5O/c1-20(21,15-7-3-2-4-8-15)19(26)22-16-9-5-6-14(12-16)18-23-17(24-25-18)13-10-11-13/h2-9,12-13H,10-11,21H2,1H3,(H,22,26)(H,23,24,25). The van der Waals surface area contributed by atoms with E-state index in [-0.39, 0.29) is 5.91 Å². The zero-order valence-corrected chi connectivity index (χ0v) is 14.6. The van der Waals surface area contributed by atoms with E-state index in [1.165, 1.54) is 12.8 Å². The number of aromatic amines is 1. The minimum Gasteiger partial charge on any atom is -0.324 e. The van der Waals surface area contributed by atoms with Gasteiger partial charge in [0.15, 0.2) is 5.82 Å². The summed E-state index contributed by atoms with van der Waals surface area (Å²) in [5.41, 5.74) is 7.43. The van der Waals surface area contributed by atoms with E-state index in [4.69, 9.17) is 5.73 Å². The number of carbonyl (C=O) groups excluding carboxylic acids is 1. The van der Waals surface area contributed by atoms with Crippen LogP contribution in [0.25, 0.3) is 11.4 Å². The fourth-order valence-electron chi connectivity index (χ4n) is 2.86. The van der Waals surface area contributed by atoms with Crippen molar-refractivity contribution in [2.75, 3.05) is 5.32 Å². The SMILES string of the molecule is CC(N)(C(=O)Nc1cccc(-c2n[nH]c(C3CC3)n2)c1)c1ccccc1. The van der Waals surface area contributed by atoms with Gasteiger partial charge < -0.3 is 11.1 Å².